The topological polar surface area (TPSA) is 96.5 Å². The van der Waals surface area contributed by atoms with Crippen LogP contribution in [-0.2, 0) is 4.79 Å². The van der Waals surface area contributed by atoms with Crippen LogP contribution >= 0.6 is 11.6 Å². The van der Waals surface area contributed by atoms with Crippen LogP contribution in [0.2, 0.25) is 5.02 Å². The minimum atomic E-state index is -1.15. The lowest BCUT2D eigenvalue weighted by Crippen LogP contribution is -2.12. The summed E-state index contributed by atoms with van der Waals surface area (Å²) in [4.78, 5) is 39.0. The number of hydrogen-bond acceptors (Lipinski definition) is 4. The quantitative estimate of drug-likeness (QED) is 0.454. The Kier molecular flexibility index (Phi) is 6.18. The summed E-state index contributed by atoms with van der Waals surface area (Å²) in [6.45, 7) is 1.59. The first-order valence-electron chi connectivity index (χ1n) is 8.93. The number of methoxy groups -OCH3 is 1. The van der Waals surface area contributed by atoms with E-state index in [1.165, 1.54) is 19.4 Å². The Morgan fingerprint density at radius 3 is 2.43 bits per heavy atom. The van der Waals surface area contributed by atoms with Gasteiger partial charge >= 0.3 is 5.97 Å². The molecule has 0 radical (unpaired) electrons. The number of rotatable bonds is 6. The van der Waals surface area contributed by atoms with Crippen LogP contribution < -0.4 is 10.3 Å². The van der Waals surface area contributed by atoms with Gasteiger partial charge in [0.1, 0.15) is 5.75 Å². The summed E-state index contributed by atoms with van der Waals surface area (Å²) in [6.07, 6.45) is 3.77. The molecule has 6 nitrogen and oxygen atoms in total. The van der Waals surface area contributed by atoms with Crippen LogP contribution in [0.15, 0.2) is 59.5 Å². The number of carbonyl (C=O) groups excluding carboxylic acids is 1. The molecule has 7 heteroatoms. The molecule has 2 aromatic carbocycles. The zero-order valence-corrected chi connectivity index (χ0v) is 17.0. The predicted octanol–water partition coefficient (Wildman–Crippen LogP) is 4.34. The van der Waals surface area contributed by atoms with Crippen LogP contribution in [0.25, 0.3) is 17.2 Å². The first-order chi connectivity index (χ1) is 14.3. The van der Waals surface area contributed by atoms with Crippen LogP contribution in [0, 0.1) is 6.92 Å². The molecule has 1 heterocycles. The predicted molar refractivity (Wildman–Crippen MR) is 115 cm³/mol. The lowest BCUT2D eigenvalue weighted by Gasteiger charge is -2.14. The Morgan fingerprint density at radius 1 is 1.10 bits per heavy atom. The van der Waals surface area contributed by atoms with Gasteiger partial charge in [0, 0.05) is 39.5 Å². The second-order valence-electron chi connectivity index (χ2n) is 6.49. The van der Waals surface area contributed by atoms with Crippen LogP contribution in [0.3, 0.4) is 0 Å². The maximum absolute atomic E-state index is 13.3. The van der Waals surface area contributed by atoms with E-state index in [0.717, 1.165) is 6.08 Å². The molecule has 152 valence electrons. The monoisotopic (exact) mass is 423 g/mol. The molecule has 0 bridgehead atoms. The fraction of sp³-hybridized carbons (Fsp3) is 0.0870. The number of carbonyl (C=O) groups is 2. The minimum absolute atomic E-state index is 0.266. The maximum Gasteiger partial charge on any atom is 0.328 e. The highest BCUT2D eigenvalue weighted by Crippen LogP contribution is 2.32. The van der Waals surface area contributed by atoms with Gasteiger partial charge in [-0.1, -0.05) is 11.6 Å². The second kappa shape index (κ2) is 8.80. The van der Waals surface area contributed by atoms with E-state index in [2.05, 4.69) is 4.98 Å². The van der Waals surface area contributed by atoms with E-state index in [1.807, 2.05) is 0 Å². The molecular weight excluding hydrogens is 406 g/mol. The van der Waals surface area contributed by atoms with Gasteiger partial charge in [-0.3, -0.25) is 9.59 Å². The standard InChI is InChI=1S/C23H18ClNO5/c1-13-17(9-10-21(26)27)20(12-25-23(13)29)18-8-7-16(30-2)11-19(18)22(28)14-3-5-15(24)6-4-14/h3-12H,1-2H3,(H,25,29)(H,26,27). The van der Waals surface area contributed by atoms with Crippen LogP contribution in [-0.4, -0.2) is 29.0 Å². The third kappa shape index (κ3) is 4.34. The van der Waals surface area contributed by atoms with Crippen molar-refractivity contribution in [1.29, 1.82) is 0 Å². The number of aromatic nitrogens is 1. The van der Waals surface area contributed by atoms with Crippen molar-refractivity contribution < 1.29 is 19.4 Å². The first-order valence-corrected chi connectivity index (χ1v) is 9.31. The van der Waals surface area contributed by atoms with Crippen molar-refractivity contribution in [3.8, 4) is 16.9 Å². The Morgan fingerprint density at radius 2 is 1.80 bits per heavy atom. The summed E-state index contributed by atoms with van der Waals surface area (Å²) in [5.74, 6) is -0.926. The Labute approximate surface area is 177 Å². The van der Waals surface area contributed by atoms with Crippen molar-refractivity contribution >= 4 is 29.4 Å². The molecule has 3 aromatic rings. The molecule has 1 aromatic heterocycles. The number of ether oxygens (including phenoxy) is 1. The Bertz CT molecular complexity index is 1210. The average Bonchev–Trinajstić information content (AvgIpc) is 2.74. The molecule has 0 saturated carbocycles. The second-order valence-corrected chi connectivity index (χ2v) is 6.93. The SMILES string of the molecule is COc1ccc(-c2c[nH]c(=O)c(C)c2C=CC(=O)O)c(C(=O)c2ccc(Cl)cc2)c1. The molecule has 0 aliphatic carbocycles. The van der Waals surface area contributed by atoms with Gasteiger partial charge in [-0.2, -0.15) is 0 Å². The Balaban J connectivity index is 2.26. The molecule has 0 spiro atoms. The van der Waals surface area contributed by atoms with Gasteiger partial charge in [-0.05, 0) is 66.6 Å². The molecule has 0 atom stereocenters. The zero-order valence-electron chi connectivity index (χ0n) is 16.2. The summed E-state index contributed by atoms with van der Waals surface area (Å²) in [5, 5.41) is 9.53. The highest BCUT2D eigenvalue weighted by atomic mass is 35.5. The van der Waals surface area contributed by atoms with E-state index < -0.39 is 5.97 Å². The van der Waals surface area contributed by atoms with Gasteiger partial charge in [0.15, 0.2) is 5.78 Å². The molecule has 0 unspecified atom stereocenters. The molecule has 0 aliphatic heterocycles. The van der Waals surface area contributed by atoms with Gasteiger partial charge in [0.2, 0.25) is 0 Å². The largest absolute Gasteiger partial charge is 0.497 e. The number of benzene rings is 2. The number of carboxylic acids is 1. The van der Waals surface area contributed by atoms with Crippen molar-refractivity contribution in [1.82, 2.24) is 4.98 Å². The molecule has 30 heavy (non-hydrogen) atoms. The number of carboxylic acid groups (broad SMARTS) is 1. The third-order valence-corrected chi connectivity index (χ3v) is 4.89. The van der Waals surface area contributed by atoms with Gasteiger partial charge in [-0.25, -0.2) is 4.79 Å². The average molecular weight is 424 g/mol. The number of H-pyrrole nitrogens is 1. The van der Waals surface area contributed by atoms with Crippen molar-refractivity contribution in [3.05, 3.63) is 92.4 Å². The number of halogens is 1. The number of nitrogens with one attached hydrogen (secondary N) is 1. The molecular formula is C23H18ClNO5. The van der Waals surface area contributed by atoms with E-state index in [1.54, 1.807) is 49.4 Å². The number of pyridine rings is 1. The van der Waals surface area contributed by atoms with Gasteiger partial charge in [-0.15, -0.1) is 0 Å². The minimum Gasteiger partial charge on any atom is -0.497 e. The number of ketones is 1. The van der Waals surface area contributed by atoms with Crippen LogP contribution in [0.4, 0.5) is 0 Å². The zero-order chi connectivity index (χ0) is 21.8. The maximum atomic E-state index is 13.3. The number of aromatic amines is 1. The smallest absolute Gasteiger partial charge is 0.328 e. The number of hydrogen-bond donors (Lipinski definition) is 2. The summed E-state index contributed by atoms with van der Waals surface area (Å²) in [7, 11) is 1.50. The van der Waals surface area contributed by atoms with Crippen LogP contribution in [0.1, 0.15) is 27.0 Å². The van der Waals surface area contributed by atoms with Gasteiger partial charge in [0.05, 0.1) is 7.11 Å². The molecule has 3 rings (SSSR count). The fourth-order valence-corrected chi connectivity index (χ4v) is 3.20. The summed E-state index contributed by atoms with van der Waals surface area (Å²) < 4.78 is 5.28. The third-order valence-electron chi connectivity index (χ3n) is 4.64. The van der Waals surface area contributed by atoms with E-state index in [9.17, 15) is 14.4 Å². The van der Waals surface area contributed by atoms with E-state index in [-0.39, 0.29) is 11.3 Å². The lowest BCUT2D eigenvalue weighted by molar-refractivity contribution is -0.131. The summed E-state index contributed by atoms with van der Waals surface area (Å²) in [6, 6.07) is 11.5. The van der Waals surface area contributed by atoms with E-state index in [4.69, 9.17) is 21.4 Å². The molecule has 2 N–H and O–H groups in total. The normalized spacial score (nSPS) is 10.9. The van der Waals surface area contributed by atoms with E-state index >= 15 is 0 Å². The van der Waals surface area contributed by atoms with Gasteiger partial charge in [0.25, 0.3) is 5.56 Å². The Hall–Kier alpha value is -3.64. The molecule has 0 fully saturated rings. The first kappa shape index (κ1) is 21.1. The summed E-state index contributed by atoms with van der Waals surface area (Å²) in [5.41, 5.74) is 2.22. The highest BCUT2D eigenvalue weighted by molar-refractivity contribution is 6.30. The lowest BCUT2D eigenvalue weighted by atomic mass is 9.90. The molecule has 0 aliphatic rings. The van der Waals surface area contributed by atoms with Crippen molar-refractivity contribution in [2.75, 3.05) is 7.11 Å². The molecule has 0 saturated heterocycles. The van der Waals surface area contributed by atoms with Crippen molar-refractivity contribution in [3.63, 3.8) is 0 Å². The van der Waals surface area contributed by atoms with Crippen molar-refractivity contribution in [2.45, 2.75) is 6.92 Å². The summed E-state index contributed by atoms with van der Waals surface area (Å²) >= 11 is 5.93. The number of aliphatic carboxylic acids is 1. The van der Waals surface area contributed by atoms with Crippen LogP contribution in [0.5, 0.6) is 5.75 Å². The van der Waals surface area contributed by atoms with Crippen molar-refractivity contribution in [2.24, 2.45) is 0 Å². The highest BCUT2D eigenvalue weighted by Gasteiger charge is 2.19. The van der Waals surface area contributed by atoms with Gasteiger partial charge < -0.3 is 14.8 Å². The van der Waals surface area contributed by atoms with E-state index in [0.29, 0.717) is 44.2 Å². The molecule has 0 amide bonds. The fourth-order valence-electron chi connectivity index (χ4n) is 3.07.